The van der Waals surface area contributed by atoms with Crippen LogP contribution in [0.25, 0.3) is 0 Å². The summed E-state index contributed by atoms with van der Waals surface area (Å²) in [6.07, 6.45) is 1.79. The zero-order chi connectivity index (χ0) is 14.4. The van der Waals surface area contributed by atoms with Gasteiger partial charge in [-0.15, -0.1) is 0 Å². The Morgan fingerprint density at radius 1 is 1.05 bits per heavy atom. The van der Waals surface area contributed by atoms with Crippen LogP contribution in [0.1, 0.15) is 35.3 Å². The van der Waals surface area contributed by atoms with E-state index in [9.17, 15) is 4.79 Å². The number of carbonyl (C=O) groups excluding carboxylic acids is 1. The molecule has 20 heavy (non-hydrogen) atoms. The second-order valence-electron chi connectivity index (χ2n) is 5.12. The molecule has 0 radical (unpaired) electrons. The minimum Gasteiger partial charge on any atom is -0.349 e. The molecule has 0 heterocycles. The van der Waals surface area contributed by atoms with Crippen LogP contribution in [0.5, 0.6) is 0 Å². The van der Waals surface area contributed by atoms with Crippen molar-refractivity contribution in [2.24, 2.45) is 0 Å². The first-order valence-electron chi connectivity index (χ1n) is 7.12. The van der Waals surface area contributed by atoms with Gasteiger partial charge in [0.05, 0.1) is 0 Å². The van der Waals surface area contributed by atoms with Gasteiger partial charge in [-0.2, -0.15) is 0 Å². The molecule has 1 unspecified atom stereocenters. The fourth-order valence-electron chi connectivity index (χ4n) is 2.26. The molecule has 0 aliphatic heterocycles. The zero-order valence-electron chi connectivity index (χ0n) is 12.1. The Labute approximate surface area is 120 Å². The van der Waals surface area contributed by atoms with Crippen molar-refractivity contribution in [3.05, 3.63) is 71.3 Å². The summed E-state index contributed by atoms with van der Waals surface area (Å²) >= 11 is 0. The number of nitrogens with one attached hydrogen (secondary N) is 1. The highest BCUT2D eigenvalue weighted by Crippen LogP contribution is 2.07. The van der Waals surface area contributed by atoms with E-state index in [4.69, 9.17) is 0 Å². The molecule has 0 saturated carbocycles. The molecule has 2 rings (SSSR count). The maximum atomic E-state index is 12.2. The van der Waals surface area contributed by atoms with Crippen molar-refractivity contribution in [1.82, 2.24) is 5.32 Å². The molecule has 0 aromatic heterocycles. The van der Waals surface area contributed by atoms with Gasteiger partial charge in [-0.05, 0) is 43.0 Å². The summed E-state index contributed by atoms with van der Waals surface area (Å²) in [5.74, 6) is 0.00345. The quantitative estimate of drug-likeness (QED) is 0.881. The van der Waals surface area contributed by atoms with Crippen LogP contribution in [0.3, 0.4) is 0 Å². The van der Waals surface area contributed by atoms with Crippen LogP contribution in [-0.4, -0.2) is 11.9 Å². The van der Waals surface area contributed by atoms with Gasteiger partial charge < -0.3 is 5.32 Å². The molecule has 1 N–H and O–H groups in total. The lowest BCUT2D eigenvalue weighted by Crippen LogP contribution is -2.34. The maximum Gasteiger partial charge on any atom is 0.251 e. The van der Waals surface area contributed by atoms with Gasteiger partial charge >= 0.3 is 0 Å². The van der Waals surface area contributed by atoms with E-state index in [-0.39, 0.29) is 11.9 Å². The Balaban J connectivity index is 1.96. The summed E-state index contributed by atoms with van der Waals surface area (Å²) in [5, 5.41) is 3.06. The second kappa shape index (κ2) is 6.90. The molecule has 0 spiro atoms. The van der Waals surface area contributed by atoms with E-state index in [1.807, 2.05) is 49.4 Å². The normalized spacial score (nSPS) is 11.9. The molecule has 2 aromatic carbocycles. The molecule has 1 amide bonds. The van der Waals surface area contributed by atoms with Crippen LogP contribution in [0, 0.1) is 0 Å². The Hall–Kier alpha value is -2.09. The van der Waals surface area contributed by atoms with Gasteiger partial charge in [0, 0.05) is 11.6 Å². The molecule has 2 nitrogen and oxygen atoms in total. The van der Waals surface area contributed by atoms with E-state index in [0.717, 1.165) is 18.4 Å². The Bertz CT molecular complexity index is 563. The minimum absolute atomic E-state index is 0.00345. The minimum atomic E-state index is 0.00345. The van der Waals surface area contributed by atoms with E-state index in [2.05, 4.69) is 24.4 Å². The van der Waals surface area contributed by atoms with Gasteiger partial charge in [-0.25, -0.2) is 0 Å². The number of amides is 1. The molecular weight excluding hydrogens is 246 g/mol. The number of hydrogen-bond donors (Lipinski definition) is 1. The topological polar surface area (TPSA) is 29.1 Å². The van der Waals surface area contributed by atoms with Crippen LogP contribution in [0.2, 0.25) is 0 Å². The average Bonchev–Trinajstić information content (AvgIpc) is 2.48. The van der Waals surface area contributed by atoms with Crippen molar-refractivity contribution in [2.75, 3.05) is 0 Å². The van der Waals surface area contributed by atoms with Gasteiger partial charge in [0.2, 0.25) is 0 Å². The fraction of sp³-hybridized carbons (Fsp3) is 0.278. The van der Waals surface area contributed by atoms with E-state index >= 15 is 0 Å². The molecule has 0 fully saturated rings. The molecule has 2 heteroatoms. The van der Waals surface area contributed by atoms with E-state index in [0.29, 0.717) is 0 Å². The fourth-order valence-corrected chi connectivity index (χ4v) is 2.26. The van der Waals surface area contributed by atoms with Crippen molar-refractivity contribution in [3.63, 3.8) is 0 Å². The highest BCUT2D eigenvalue weighted by Gasteiger charge is 2.10. The standard InChI is InChI=1S/C18H21NO/c1-3-15-10-7-11-17(13-15)18(20)19-14(2)12-16-8-5-4-6-9-16/h4-11,13-14H,3,12H2,1-2H3,(H,19,20). The molecule has 104 valence electrons. The molecule has 0 aliphatic carbocycles. The van der Waals surface area contributed by atoms with Crippen molar-refractivity contribution >= 4 is 5.91 Å². The number of benzene rings is 2. The lowest BCUT2D eigenvalue weighted by molar-refractivity contribution is 0.0940. The summed E-state index contributed by atoms with van der Waals surface area (Å²) in [4.78, 5) is 12.2. The summed E-state index contributed by atoms with van der Waals surface area (Å²) < 4.78 is 0. The second-order valence-corrected chi connectivity index (χ2v) is 5.12. The average molecular weight is 267 g/mol. The van der Waals surface area contributed by atoms with Gasteiger partial charge in [-0.1, -0.05) is 49.4 Å². The predicted octanol–water partition coefficient (Wildman–Crippen LogP) is 3.61. The summed E-state index contributed by atoms with van der Waals surface area (Å²) in [7, 11) is 0. The highest BCUT2D eigenvalue weighted by atomic mass is 16.1. The lowest BCUT2D eigenvalue weighted by Gasteiger charge is -2.14. The van der Waals surface area contributed by atoms with Crippen LogP contribution in [0.4, 0.5) is 0 Å². The van der Waals surface area contributed by atoms with Gasteiger partial charge in [-0.3, -0.25) is 4.79 Å². The third-order valence-electron chi connectivity index (χ3n) is 3.36. The van der Waals surface area contributed by atoms with E-state index in [1.54, 1.807) is 0 Å². The van der Waals surface area contributed by atoms with E-state index < -0.39 is 0 Å². The molecule has 0 saturated heterocycles. The van der Waals surface area contributed by atoms with Gasteiger partial charge in [0.25, 0.3) is 5.91 Å². The Morgan fingerprint density at radius 2 is 1.75 bits per heavy atom. The zero-order valence-corrected chi connectivity index (χ0v) is 12.1. The Morgan fingerprint density at radius 3 is 2.45 bits per heavy atom. The molecule has 1 atom stereocenters. The van der Waals surface area contributed by atoms with Gasteiger partial charge in [0.1, 0.15) is 0 Å². The van der Waals surface area contributed by atoms with Crippen LogP contribution < -0.4 is 5.32 Å². The monoisotopic (exact) mass is 267 g/mol. The van der Waals surface area contributed by atoms with Crippen molar-refractivity contribution in [3.8, 4) is 0 Å². The predicted molar refractivity (Wildman–Crippen MR) is 82.9 cm³/mol. The van der Waals surface area contributed by atoms with Gasteiger partial charge in [0.15, 0.2) is 0 Å². The molecule has 2 aromatic rings. The smallest absolute Gasteiger partial charge is 0.251 e. The molecule has 0 bridgehead atoms. The third-order valence-corrected chi connectivity index (χ3v) is 3.36. The summed E-state index contributed by atoms with van der Waals surface area (Å²) in [6.45, 7) is 4.13. The largest absolute Gasteiger partial charge is 0.349 e. The Kier molecular flexibility index (Phi) is 4.94. The lowest BCUT2D eigenvalue weighted by atomic mass is 10.1. The van der Waals surface area contributed by atoms with Crippen molar-refractivity contribution in [2.45, 2.75) is 32.7 Å². The molecular formula is C18H21NO. The SMILES string of the molecule is CCc1cccc(C(=O)NC(C)Cc2ccccc2)c1. The maximum absolute atomic E-state index is 12.2. The first-order valence-corrected chi connectivity index (χ1v) is 7.12. The van der Waals surface area contributed by atoms with Crippen LogP contribution >= 0.6 is 0 Å². The summed E-state index contributed by atoms with van der Waals surface area (Å²) in [5.41, 5.74) is 3.17. The first kappa shape index (κ1) is 14.3. The van der Waals surface area contributed by atoms with Crippen molar-refractivity contribution < 1.29 is 4.79 Å². The van der Waals surface area contributed by atoms with Crippen molar-refractivity contribution in [1.29, 1.82) is 0 Å². The molecule has 0 aliphatic rings. The van der Waals surface area contributed by atoms with Crippen LogP contribution in [0.15, 0.2) is 54.6 Å². The summed E-state index contributed by atoms with van der Waals surface area (Å²) in [6, 6.07) is 18.1. The number of carbonyl (C=O) groups is 1. The van der Waals surface area contributed by atoms with Crippen LogP contribution in [-0.2, 0) is 12.8 Å². The first-order chi connectivity index (χ1) is 9.69. The number of hydrogen-bond acceptors (Lipinski definition) is 1. The highest BCUT2D eigenvalue weighted by molar-refractivity contribution is 5.94. The van der Waals surface area contributed by atoms with E-state index in [1.165, 1.54) is 11.1 Å². The third kappa shape index (κ3) is 3.95. The number of aryl methyl sites for hydroxylation is 1. The number of rotatable bonds is 5.